The Morgan fingerprint density at radius 1 is 1.42 bits per heavy atom. The maximum absolute atomic E-state index is 12.2. The average Bonchev–Trinajstić information content (AvgIpc) is 2.77. The molecule has 0 unspecified atom stereocenters. The molecule has 0 fully saturated rings. The van der Waals surface area contributed by atoms with Gasteiger partial charge in [0, 0.05) is 12.6 Å². The molecule has 0 bridgehead atoms. The van der Waals surface area contributed by atoms with E-state index in [4.69, 9.17) is 0 Å². The van der Waals surface area contributed by atoms with Crippen LogP contribution in [0.25, 0.3) is 0 Å². The van der Waals surface area contributed by atoms with Crippen molar-refractivity contribution in [1.29, 1.82) is 0 Å². The summed E-state index contributed by atoms with van der Waals surface area (Å²) in [5, 5.41) is 16.3. The first kappa shape index (κ1) is 13.1. The Hall–Kier alpha value is -2.37. The summed E-state index contributed by atoms with van der Waals surface area (Å²) >= 11 is 0. The minimum atomic E-state index is -0.183. The molecule has 6 nitrogen and oxygen atoms in total. The van der Waals surface area contributed by atoms with Gasteiger partial charge in [0.2, 0.25) is 0 Å². The monoisotopic (exact) mass is 260 g/mol. The summed E-state index contributed by atoms with van der Waals surface area (Å²) in [5.41, 5.74) is 1.18. The highest BCUT2D eigenvalue weighted by molar-refractivity contribution is 5.94. The number of carbonyl (C=O) groups excluding carboxylic acids is 1. The minimum Gasteiger partial charge on any atom is -0.508 e. The first-order valence-electron chi connectivity index (χ1n) is 5.90. The van der Waals surface area contributed by atoms with Crippen LogP contribution in [0.1, 0.15) is 27.6 Å². The molecule has 0 spiro atoms. The fourth-order valence-corrected chi connectivity index (χ4v) is 1.71. The van der Waals surface area contributed by atoms with Gasteiger partial charge in [-0.25, -0.2) is 4.98 Å². The third-order valence-corrected chi connectivity index (χ3v) is 2.82. The number of H-pyrrole nitrogens is 1. The number of hydrogen-bond acceptors (Lipinski definition) is 4. The van der Waals surface area contributed by atoms with Gasteiger partial charge in [-0.1, -0.05) is 6.07 Å². The molecule has 0 aliphatic heterocycles. The quantitative estimate of drug-likeness (QED) is 0.874. The number of nitrogens with zero attached hydrogens (tertiary/aromatic N) is 3. The van der Waals surface area contributed by atoms with Crippen LogP contribution in [0.5, 0.6) is 5.75 Å². The van der Waals surface area contributed by atoms with E-state index in [1.165, 1.54) is 11.0 Å². The second kappa shape index (κ2) is 5.09. The molecule has 0 aliphatic rings. The van der Waals surface area contributed by atoms with Crippen molar-refractivity contribution >= 4 is 5.91 Å². The van der Waals surface area contributed by atoms with Crippen LogP contribution in [0.4, 0.5) is 0 Å². The van der Waals surface area contributed by atoms with Crippen molar-refractivity contribution < 1.29 is 9.90 Å². The van der Waals surface area contributed by atoms with Crippen molar-refractivity contribution in [3.8, 4) is 5.75 Å². The normalized spacial score (nSPS) is 10.5. The van der Waals surface area contributed by atoms with Gasteiger partial charge in [0.25, 0.3) is 5.91 Å². The largest absolute Gasteiger partial charge is 0.508 e. The van der Waals surface area contributed by atoms with Crippen LogP contribution in [-0.4, -0.2) is 38.1 Å². The number of amides is 1. The number of nitrogens with one attached hydrogen (secondary N) is 1. The molecule has 19 heavy (non-hydrogen) atoms. The van der Waals surface area contributed by atoms with E-state index in [1.807, 2.05) is 0 Å². The van der Waals surface area contributed by atoms with Crippen LogP contribution in [0, 0.1) is 13.8 Å². The van der Waals surface area contributed by atoms with Crippen molar-refractivity contribution in [3.63, 3.8) is 0 Å². The number of hydrogen-bond donors (Lipinski definition) is 2. The number of carbonyl (C=O) groups is 1. The number of aromatic nitrogens is 3. The van der Waals surface area contributed by atoms with E-state index in [1.54, 1.807) is 33.0 Å². The molecule has 2 rings (SSSR count). The van der Waals surface area contributed by atoms with Gasteiger partial charge in [-0.15, -0.1) is 0 Å². The lowest BCUT2D eigenvalue weighted by molar-refractivity contribution is 0.0781. The highest BCUT2D eigenvalue weighted by atomic mass is 16.3. The van der Waals surface area contributed by atoms with Crippen LogP contribution in [0.3, 0.4) is 0 Å². The van der Waals surface area contributed by atoms with Gasteiger partial charge in [0.05, 0.1) is 6.54 Å². The molecule has 0 saturated carbocycles. The zero-order valence-electron chi connectivity index (χ0n) is 11.1. The van der Waals surface area contributed by atoms with Gasteiger partial charge in [-0.2, -0.15) is 5.10 Å². The summed E-state index contributed by atoms with van der Waals surface area (Å²) in [5.74, 6) is 1.21. The molecular formula is C13H16N4O2. The summed E-state index contributed by atoms with van der Waals surface area (Å²) in [6.07, 6.45) is 0. The van der Waals surface area contributed by atoms with E-state index in [0.29, 0.717) is 23.8 Å². The molecule has 0 atom stereocenters. The van der Waals surface area contributed by atoms with Gasteiger partial charge < -0.3 is 10.0 Å². The minimum absolute atomic E-state index is 0.119. The third kappa shape index (κ3) is 2.90. The average molecular weight is 260 g/mol. The Bertz CT molecular complexity index is 606. The Morgan fingerprint density at radius 2 is 2.16 bits per heavy atom. The van der Waals surface area contributed by atoms with Crippen molar-refractivity contribution in [2.45, 2.75) is 20.4 Å². The topological polar surface area (TPSA) is 82.1 Å². The Balaban J connectivity index is 2.12. The first-order chi connectivity index (χ1) is 8.97. The molecule has 0 saturated heterocycles. The lowest BCUT2D eigenvalue weighted by Gasteiger charge is -2.15. The molecule has 0 aliphatic carbocycles. The molecule has 1 amide bonds. The van der Waals surface area contributed by atoms with Gasteiger partial charge in [-0.3, -0.25) is 9.89 Å². The summed E-state index contributed by atoms with van der Waals surface area (Å²) < 4.78 is 0. The zero-order chi connectivity index (χ0) is 14.0. The molecule has 2 aromatic rings. The van der Waals surface area contributed by atoms with Crippen molar-refractivity contribution in [2.24, 2.45) is 0 Å². The molecule has 100 valence electrons. The maximum Gasteiger partial charge on any atom is 0.254 e. The van der Waals surface area contributed by atoms with Gasteiger partial charge in [0.15, 0.2) is 5.82 Å². The fourth-order valence-electron chi connectivity index (χ4n) is 1.71. The molecule has 1 heterocycles. The smallest absolute Gasteiger partial charge is 0.254 e. The van der Waals surface area contributed by atoms with Crippen molar-refractivity contribution in [2.75, 3.05) is 7.05 Å². The summed E-state index contributed by atoms with van der Waals surface area (Å²) in [7, 11) is 1.67. The number of rotatable bonds is 3. The van der Waals surface area contributed by atoms with E-state index in [0.717, 1.165) is 5.56 Å². The molecule has 6 heteroatoms. The summed E-state index contributed by atoms with van der Waals surface area (Å²) in [4.78, 5) is 17.8. The van der Waals surface area contributed by atoms with E-state index in [2.05, 4.69) is 15.2 Å². The Labute approximate surface area is 111 Å². The lowest BCUT2D eigenvalue weighted by Crippen LogP contribution is -2.26. The first-order valence-corrected chi connectivity index (χ1v) is 5.90. The number of phenols is 1. The van der Waals surface area contributed by atoms with Gasteiger partial charge >= 0.3 is 0 Å². The summed E-state index contributed by atoms with van der Waals surface area (Å²) in [6.45, 7) is 3.90. The predicted octanol–water partition coefficient (Wildman–Crippen LogP) is 1.40. The number of phenolic OH excluding ortho intramolecular Hbond substituents is 1. The van der Waals surface area contributed by atoms with E-state index in [9.17, 15) is 9.90 Å². The highest BCUT2D eigenvalue weighted by Gasteiger charge is 2.14. The standard InChI is InChI=1S/C13H16N4O2/c1-8-4-5-10(6-11(8)18)13(19)17(3)7-12-14-9(2)15-16-12/h4-6,18H,7H2,1-3H3,(H,14,15,16). The second-order valence-corrected chi connectivity index (χ2v) is 4.50. The van der Waals surface area contributed by atoms with Crippen LogP contribution in [0.15, 0.2) is 18.2 Å². The number of benzene rings is 1. The van der Waals surface area contributed by atoms with Crippen LogP contribution >= 0.6 is 0 Å². The fraction of sp³-hybridized carbons (Fsp3) is 0.308. The highest BCUT2D eigenvalue weighted by Crippen LogP contribution is 2.18. The molecular weight excluding hydrogens is 244 g/mol. The predicted molar refractivity (Wildman–Crippen MR) is 69.8 cm³/mol. The molecule has 2 N–H and O–H groups in total. The van der Waals surface area contributed by atoms with E-state index in [-0.39, 0.29) is 11.7 Å². The third-order valence-electron chi connectivity index (χ3n) is 2.82. The molecule has 0 radical (unpaired) electrons. The number of aromatic hydroxyl groups is 1. The van der Waals surface area contributed by atoms with Crippen LogP contribution in [-0.2, 0) is 6.54 Å². The Kier molecular flexibility index (Phi) is 3.50. The molecule has 1 aromatic carbocycles. The lowest BCUT2D eigenvalue weighted by atomic mass is 10.1. The van der Waals surface area contributed by atoms with E-state index < -0.39 is 0 Å². The number of aromatic amines is 1. The SMILES string of the molecule is Cc1nc(CN(C)C(=O)c2ccc(C)c(O)c2)n[nH]1. The summed E-state index contributed by atoms with van der Waals surface area (Å²) in [6, 6.07) is 4.88. The van der Waals surface area contributed by atoms with Crippen LogP contribution < -0.4 is 0 Å². The number of aryl methyl sites for hydroxylation is 2. The van der Waals surface area contributed by atoms with Gasteiger partial charge in [0.1, 0.15) is 11.6 Å². The van der Waals surface area contributed by atoms with Crippen molar-refractivity contribution in [1.82, 2.24) is 20.1 Å². The molecule has 1 aromatic heterocycles. The van der Waals surface area contributed by atoms with E-state index >= 15 is 0 Å². The second-order valence-electron chi connectivity index (χ2n) is 4.50. The van der Waals surface area contributed by atoms with Crippen molar-refractivity contribution in [3.05, 3.63) is 41.0 Å². The zero-order valence-corrected chi connectivity index (χ0v) is 11.1. The Morgan fingerprint density at radius 3 is 2.74 bits per heavy atom. The van der Waals surface area contributed by atoms with Crippen LogP contribution in [0.2, 0.25) is 0 Å². The maximum atomic E-state index is 12.2. The van der Waals surface area contributed by atoms with Gasteiger partial charge in [-0.05, 0) is 31.5 Å².